The molecule has 3 aromatic heterocycles. The number of furan rings is 1. The number of hydrogen-bond donors (Lipinski definition) is 1. The third kappa shape index (κ3) is 6.20. The van der Waals surface area contributed by atoms with Crippen molar-refractivity contribution in [3.8, 4) is 62.4 Å². The molecule has 9 rings (SSSR count). The van der Waals surface area contributed by atoms with Crippen LogP contribution in [0.15, 0.2) is 138 Å². The standard InChI is InChI=1S/C52H41N5O2/c1-51(2,3)40-29-39(48(58)45(47(40)54-7)52(4,5)6)50-56-46-35(20-15-22-43(46)57(50)42-21-13-11-18-34(42)32-16-9-8-10-17-32)33-27-37-36-19-12-14-23-44(36)59-49(37)38(28-33)41-26-31(30-53)24-25-55-41/h8-29,58H,1-6H3. The first-order chi connectivity index (χ1) is 28.4. The number of para-hydroxylation sites is 3. The van der Waals surface area contributed by atoms with Gasteiger partial charge in [-0.3, -0.25) is 9.55 Å². The molecule has 7 nitrogen and oxygen atoms in total. The molecule has 9 aromatic rings. The van der Waals surface area contributed by atoms with Crippen molar-refractivity contribution >= 4 is 38.7 Å². The number of phenols is 1. The Kier molecular flexibility index (Phi) is 8.72. The molecular weight excluding hydrogens is 727 g/mol. The summed E-state index contributed by atoms with van der Waals surface area (Å²) in [6.07, 6.45) is 1.65. The summed E-state index contributed by atoms with van der Waals surface area (Å²) in [6.45, 7) is 20.7. The molecule has 0 aliphatic rings. The number of nitrogens with zero attached hydrogens (tertiary/aromatic N) is 5. The Hall–Kier alpha value is -7.48. The maximum Gasteiger partial charge on any atom is 0.198 e. The van der Waals surface area contributed by atoms with Crippen molar-refractivity contribution in [3.05, 3.63) is 162 Å². The van der Waals surface area contributed by atoms with E-state index in [0.29, 0.717) is 39.5 Å². The maximum absolute atomic E-state index is 12.5. The van der Waals surface area contributed by atoms with Crippen LogP contribution >= 0.6 is 0 Å². The summed E-state index contributed by atoms with van der Waals surface area (Å²) in [5, 5.41) is 24.2. The fourth-order valence-corrected chi connectivity index (χ4v) is 8.34. The fourth-order valence-electron chi connectivity index (χ4n) is 8.34. The number of fused-ring (bicyclic) bond motifs is 4. The number of nitriles is 1. The second-order valence-electron chi connectivity index (χ2n) is 17.0. The first-order valence-corrected chi connectivity index (χ1v) is 19.6. The Morgan fingerprint density at radius 3 is 2.19 bits per heavy atom. The zero-order valence-corrected chi connectivity index (χ0v) is 33.8. The van der Waals surface area contributed by atoms with Crippen LogP contribution in [0.4, 0.5) is 5.69 Å². The van der Waals surface area contributed by atoms with Crippen LogP contribution in [-0.4, -0.2) is 19.6 Å². The van der Waals surface area contributed by atoms with Gasteiger partial charge in [-0.25, -0.2) is 9.83 Å². The number of phenolic OH excluding ortho intramolecular Hbond substituents is 1. The molecule has 0 fully saturated rings. The molecule has 6 aromatic carbocycles. The summed E-state index contributed by atoms with van der Waals surface area (Å²) in [5.74, 6) is 0.600. The van der Waals surface area contributed by atoms with Crippen LogP contribution in [0.3, 0.4) is 0 Å². The summed E-state index contributed by atoms with van der Waals surface area (Å²) in [6, 6.07) is 44.6. The van der Waals surface area contributed by atoms with Gasteiger partial charge >= 0.3 is 0 Å². The summed E-state index contributed by atoms with van der Waals surface area (Å²) < 4.78 is 8.65. The maximum atomic E-state index is 12.5. The summed E-state index contributed by atoms with van der Waals surface area (Å²) in [7, 11) is 0. The van der Waals surface area contributed by atoms with E-state index in [0.717, 1.165) is 66.5 Å². The van der Waals surface area contributed by atoms with Crippen molar-refractivity contribution in [2.75, 3.05) is 0 Å². The molecule has 0 saturated heterocycles. The lowest BCUT2D eigenvalue weighted by molar-refractivity contribution is 0.448. The number of aromatic hydroxyl groups is 1. The molecule has 0 atom stereocenters. The fraction of sp³-hybridized carbons (Fsp3) is 0.154. The third-order valence-electron chi connectivity index (χ3n) is 11.1. The lowest BCUT2D eigenvalue weighted by Gasteiger charge is -2.30. The highest BCUT2D eigenvalue weighted by molar-refractivity contribution is 6.12. The molecule has 0 aliphatic carbocycles. The summed E-state index contributed by atoms with van der Waals surface area (Å²) >= 11 is 0. The van der Waals surface area contributed by atoms with Crippen molar-refractivity contribution in [2.24, 2.45) is 0 Å². The molecule has 1 N–H and O–H groups in total. The van der Waals surface area contributed by atoms with Crippen LogP contribution in [0.25, 0.3) is 88.4 Å². The van der Waals surface area contributed by atoms with Gasteiger partial charge in [0, 0.05) is 39.2 Å². The average molecular weight is 768 g/mol. The van der Waals surface area contributed by atoms with Gasteiger partial charge in [0.25, 0.3) is 0 Å². The molecule has 0 spiro atoms. The van der Waals surface area contributed by atoms with Crippen molar-refractivity contribution < 1.29 is 9.52 Å². The summed E-state index contributed by atoms with van der Waals surface area (Å²) in [4.78, 5) is 14.3. The Bertz CT molecular complexity index is 3220. The summed E-state index contributed by atoms with van der Waals surface area (Å²) in [5.41, 5.74) is 11.1. The molecule has 0 saturated carbocycles. The monoisotopic (exact) mass is 767 g/mol. The van der Waals surface area contributed by atoms with Crippen molar-refractivity contribution in [1.82, 2.24) is 14.5 Å². The van der Waals surface area contributed by atoms with Gasteiger partial charge in [-0.1, -0.05) is 126 Å². The van der Waals surface area contributed by atoms with Gasteiger partial charge in [-0.2, -0.15) is 5.26 Å². The Balaban J connectivity index is 1.42. The van der Waals surface area contributed by atoms with E-state index >= 15 is 0 Å². The lowest BCUT2D eigenvalue weighted by atomic mass is 9.77. The smallest absolute Gasteiger partial charge is 0.198 e. The van der Waals surface area contributed by atoms with Crippen LogP contribution in [0.5, 0.6) is 5.75 Å². The van der Waals surface area contributed by atoms with E-state index < -0.39 is 10.8 Å². The Morgan fingerprint density at radius 2 is 1.44 bits per heavy atom. The molecule has 0 amide bonds. The van der Waals surface area contributed by atoms with E-state index in [1.165, 1.54) is 0 Å². The van der Waals surface area contributed by atoms with E-state index in [1.54, 1.807) is 18.3 Å². The van der Waals surface area contributed by atoms with Gasteiger partial charge in [0.15, 0.2) is 5.69 Å². The molecule has 0 radical (unpaired) electrons. The number of hydrogen-bond acceptors (Lipinski definition) is 5. The van der Waals surface area contributed by atoms with Crippen LogP contribution in [0, 0.1) is 17.9 Å². The molecule has 0 aliphatic heterocycles. The van der Waals surface area contributed by atoms with E-state index in [1.807, 2.05) is 81.4 Å². The third-order valence-corrected chi connectivity index (χ3v) is 11.1. The van der Waals surface area contributed by atoms with E-state index in [4.69, 9.17) is 21.0 Å². The Morgan fingerprint density at radius 1 is 0.712 bits per heavy atom. The van der Waals surface area contributed by atoms with Crippen LogP contribution < -0.4 is 0 Å². The van der Waals surface area contributed by atoms with Gasteiger partial charge in [0.2, 0.25) is 0 Å². The highest BCUT2D eigenvalue weighted by atomic mass is 16.3. The molecule has 7 heteroatoms. The topological polar surface area (TPSA) is 92.2 Å². The second kappa shape index (κ2) is 13.9. The average Bonchev–Trinajstić information content (AvgIpc) is 3.81. The Labute approximate surface area is 343 Å². The molecule has 59 heavy (non-hydrogen) atoms. The minimum Gasteiger partial charge on any atom is -0.508 e. The van der Waals surface area contributed by atoms with E-state index in [2.05, 4.69) is 90.8 Å². The largest absolute Gasteiger partial charge is 0.508 e. The highest BCUT2D eigenvalue weighted by Crippen LogP contribution is 2.51. The van der Waals surface area contributed by atoms with Gasteiger partial charge in [-0.15, -0.1) is 0 Å². The van der Waals surface area contributed by atoms with Gasteiger partial charge in [0.05, 0.1) is 46.2 Å². The first-order valence-electron chi connectivity index (χ1n) is 19.6. The highest BCUT2D eigenvalue weighted by Gasteiger charge is 2.33. The SMILES string of the molecule is [C-]#[N+]c1c(C(C)(C)C)cc(-c2nc3c(-c4cc(-c5cc(C#N)ccn5)c5oc6ccccc6c5c4)cccc3n2-c2ccccc2-c2ccccc2)c(O)c1C(C)(C)C. The second-order valence-corrected chi connectivity index (χ2v) is 17.0. The van der Waals surface area contributed by atoms with Crippen LogP contribution in [0.1, 0.15) is 58.2 Å². The molecular formula is C52H41N5O2. The predicted octanol–water partition coefficient (Wildman–Crippen LogP) is 13.7. The van der Waals surface area contributed by atoms with Crippen LogP contribution in [0.2, 0.25) is 0 Å². The quantitative estimate of drug-likeness (QED) is 0.176. The molecule has 3 heterocycles. The molecule has 0 bridgehead atoms. The van der Waals surface area contributed by atoms with Crippen molar-refractivity contribution in [3.63, 3.8) is 0 Å². The minimum absolute atomic E-state index is 0.0452. The number of benzene rings is 6. The van der Waals surface area contributed by atoms with E-state index in [-0.39, 0.29) is 5.75 Å². The number of rotatable bonds is 5. The van der Waals surface area contributed by atoms with E-state index in [9.17, 15) is 10.4 Å². The first kappa shape index (κ1) is 37.1. The van der Waals surface area contributed by atoms with Gasteiger partial charge < -0.3 is 9.52 Å². The predicted molar refractivity (Wildman–Crippen MR) is 238 cm³/mol. The normalized spacial score (nSPS) is 11.9. The zero-order valence-electron chi connectivity index (χ0n) is 33.8. The number of aromatic nitrogens is 3. The number of imidazole rings is 1. The zero-order chi connectivity index (χ0) is 41.2. The lowest BCUT2D eigenvalue weighted by Crippen LogP contribution is -2.18. The minimum atomic E-state index is -0.556. The van der Waals surface area contributed by atoms with Gasteiger partial charge in [-0.05, 0) is 70.0 Å². The van der Waals surface area contributed by atoms with Crippen LogP contribution in [-0.2, 0) is 10.8 Å². The molecule has 0 unspecified atom stereocenters. The van der Waals surface area contributed by atoms with Crippen molar-refractivity contribution in [2.45, 2.75) is 52.4 Å². The molecule has 286 valence electrons. The number of pyridine rings is 1. The van der Waals surface area contributed by atoms with Gasteiger partial charge in [0.1, 0.15) is 22.7 Å². The van der Waals surface area contributed by atoms with Crippen molar-refractivity contribution in [1.29, 1.82) is 5.26 Å².